The van der Waals surface area contributed by atoms with Crippen LogP contribution in [0.5, 0.6) is 0 Å². The van der Waals surface area contributed by atoms with Crippen LogP contribution < -0.4 is 5.73 Å². The predicted molar refractivity (Wildman–Crippen MR) is 71.2 cm³/mol. The maximum atomic E-state index is 13.7. The molecule has 3 nitrogen and oxygen atoms in total. The number of fused-ring (bicyclic) bond motifs is 1. The highest BCUT2D eigenvalue weighted by molar-refractivity contribution is 5.85. The standard InChI is InChI=1S/C13H14FN3.ClH/c14-12-4-2-1-3-11(12)13-16-8-10-7-9(15)5-6-17(10)13;/h1-4,8-9H,5-7,15H2;1H. The van der Waals surface area contributed by atoms with Crippen LogP contribution in [-0.4, -0.2) is 15.6 Å². The SMILES string of the molecule is Cl.NC1CCn2c(cnc2-c2ccccc2F)C1. The minimum Gasteiger partial charge on any atom is -0.328 e. The van der Waals surface area contributed by atoms with Crippen molar-refractivity contribution >= 4 is 12.4 Å². The number of benzene rings is 1. The average molecular weight is 268 g/mol. The molecule has 0 fully saturated rings. The molecule has 0 radical (unpaired) electrons. The van der Waals surface area contributed by atoms with E-state index in [0.717, 1.165) is 25.1 Å². The first-order chi connectivity index (χ1) is 8.25. The summed E-state index contributed by atoms with van der Waals surface area (Å²) in [5.41, 5.74) is 7.58. The van der Waals surface area contributed by atoms with Gasteiger partial charge in [0.15, 0.2) is 0 Å². The largest absolute Gasteiger partial charge is 0.328 e. The first-order valence-corrected chi connectivity index (χ1v) is 5.80. The fourth-order valence-corrected chi connectivity index (χ4v) is 2.35. The summed E-state index contributed by atoms with van der Waals surface area (Å²) < 4.78 is 15.8. The Morgan fingerprint density at radius 3 is 2.89 bits per heavy atom. The van der Waals surface area contributed by atoms with Gasteiger partial charge in [-0.15, -0.1) is 12.4 Å². The Bertz CT molecular complexity index is 553. The highest BCUT2D eigenvalue weighted by atomic mass is 35.5. The van der Waals surface area contributed by atoms with Crippen LogP contribution >= 0.6 is 12.4 Å². The molecule has 0 amide bonds. The molecule has 5 heteroatoms. The van der Waals surface area contributed by atoms with Gasteiger partial charge in [-0.25, -0.2) is 9.37 Å². The molecule has 18 heavy (non-hydrogen) atoms. The molecule has 2 aromatic rings. The summed E-state index contributed by atoms with van der Waals surface area (Å²) in [5.74, 6) is 0.487. The van der Waals surface area contributed by atoms with E-state index in [1.807, 2.05) is 6.07 Å². The molecule has 0 spiro atoms. The van der Waals surface area contributed by atoms with Gasteiger partial charge in [-0.3, -0.25) is 0 Å². The van der Waals surface area contributed by atoms with Gasteiger partial charge in [-0.2, -0.15) is 0 Å². The van der Waals surface area contributed by atoms with Crippen LogP contribution in [-0.2, 0) is 13.0 Å². The highest BCUT2D eigenvalue weighted by Crippen LogP contribution is 2.25. The van der Waals surface area contributed by atoms with E-state index in [0.29, 0.717) is 11.4 Å². The van der Waals surface area contributed by atoms with E-state index in [4.69, 9.17) is 5.73 Å². The van der Waals surface area contributed by atoms with Crippen molar-refractivity contribution in [2.24, 2.45) is 5.73 Å². The summed E-state index contributed by atoms with van der Waals surface area (Å²) in [7, 11) is 0. The average Bonchev–Trinajstić information content (AvgIpc) is 2.72. The third-order valence-corrected chi connectivity index (χ3v) is 3.25. The number of hydrogen-bond acceptors (Lipinski definition) is 2. The number of nitrogens with zero attached hydrogens (tertiary/aromatic N) is 2. The molecule has 2 N–H and O–H groups in total. The Labute approximate surface area is 111 Å². The molecule has 1 aliphatic rings. The second-order valence-electron chi connectivity index (χ2n) is 4.46. The maximum absolute atomic E-state index is 13.7. The van der Waals surface area contributed by atoms with E-state index in [1.165, 1.54) is 6.07 Å². The van der Waals surface area contributed by atoms with Gasteiger partial charge in [0.1, 0.15) is 11.6 Å². The van der Waals surface area contributed by atoms with Gasteiger partial charge in [0, 0.05) is 30.9 Å². The van der Waals surface area contributed by atoms with Crippen molar-refractivity contribution in [3.8, 4) is 11.4 Å². The van der Waals surface area contributed by atoms with Gasteiger partial charge < -0.3 is 10.3 Å². The van der Waals surface area contributed by atoms with Gasteiger partial charge in [0.25, 0.3) is 0 Å². The van der Waals surface area contributed by atoms with Crippen LogP contribution in [0.15, 0.2) is 30.5 Å². The fourth-order valence-electron chi connectivity index (χ4n) is 2.35. The quantitative estimate of drug-likeness (QED) is 0.862. The summed E-state index contributed by atoms with van der Waals surface area (Å²) >= 11 is 0. The summed E-state index contributed by atoms with van der Waals surface area (Å²) in [6.45, 7) is 0.820. The maximum Gasteiger partial charge on any atom is 0.143 e. The number of halogens is 2. The minimum atomic E-state index is -0.226. The Balaban J connectivity index is 0.00000120. The lowest BCUT2D eigenvalue weighted by Crippen LogP contribution is -2.30. The van der Waals surface area contributed by atoms with Crippen LogP contribution in [0.3, 0.4) is 0 Å². The molecule has 2 heterocycles. The van der Waals surface area contributed by atoms with Crippen LogP contribution in [0.1, 0.15) is 12.1 Å². The molecule has 0 saturated heterocycles. The Hall–Kier alpha value is -1.39. The van der Waals surface area contributed by atoms with Crippen LogP contribution in [0.2, 0.25) is 0 Å². The van der Waals surface area contributed by atoms with E-state index in [9.17, 15) is 4.39 Å². The van der Waals surface area contributed by atoms with E-state index in [1.54, 1.807) is 18.3 Å². The molecule has 1 aliphatic heterocycles. The number of hydrogen-bond donors (Lipinski definition) is 1. The van der Waals surface area contributed by atoms with Crippen molar-refractivity contribution in [3.63, 3.8) is 0 Å². The smallest absolute Gasteiger partial charge is 0.143 e. The van der Waals surface area contributed by atoms with Gasteiger partial charge in [0.05, 0.1) is 5.56 Å². The molecule has 0 bridgehead atoms. The number of rotatable bonds is 1. The van der Waals surface area contributed by atoms with Crippen molar-refractivity contribution in [2.75, 3.05) is 0 Å². The third kappa shape index (κ3) is 2.13. The molecule has 1 aromatic carbocycles. The molecule has 1 aromatic heterocycles. The van der Waals surface area contributed by atoms with E-state index >= 15 is 0 Å². The zero-order chi connectivity index (χ0) is 11.8. The Kier molecular flexibility index (Phi) is 3.68. The van der Waals surface area contributed by atoms with Gasteiger partial charge >= 0.3 is 0 Å². The second-order valence-corrected chi connectivity index (χ2v) is 4.46. The zero-order valence-corrected chi connectivity index (χ0v) is 10.7. The predicted octanol–water partition coefficient (Wildman–Crippen LogP) is 2.38. The monoisotopic (exact) mass is 267 g/mol. The summed E-state index contributed by atoms with van der Waals surface area (Å²) in [5, 5.41) is 0. The molecule has 96 valence electrons. The molecule has 1 atom stereocenters. The topological polar surface area (TPSA) is 43.8 Å². The lowest BCUT2D eigenvalue weighted by atomic mass is 10.1. The molecular formula is C13H15ClFN3. The Morgan fingerprint density at radius 1 is 1.33 bits per heavy atom. The molecule has 0 aliphatic carbocycles. The van der Waals surface area contributed by atoms with Crippen LogP contribution in [0, 0.1) is 5.82 Å². The number of nitrogens with two attached hydrogens (primary N) is 1. The van der Waals surface area contributed by atoms with Crippen molar-refractivity contribution < 1.29 is 4.39 Å². The van der Waals surface area contributed by atoms with Crippen molar-refractivity contribution in [2.45, 2.75) is 25.4 Å². The zero-order valence-electron chi connectivity index (χ0n) is 9.84. The number of aromatic nitrogens is 2. The van der Waals surface area contributed by atoms with Crippen molar-refractivity contribution in [3.05, 3.63) is 42.0 Å². The minimum absolute atomic E-state index is 0. The molecular weight excluding hydrogens is 253 g/mol. The first-order valence-electron chi connectivity index (χ1n) is 5.80. The number of imidazole rings is 1. The lowest BCUT2D eigenvalue weighted by molar-refractivity contribution is 0.474. The molecule has 0 saturated carbocycles. The summed E-state index contributed by atoms with van der Waals surface area (Å²) in [4.78, 5) is 4.33. The summed E-state index contributed by atoms with van der Waals surface area (Å²) in [6, 6.07) is 6.95. The van der Waals surface area contributed by atoms with Crippen molar-refractivity contribution in [1.82, 2.24) is 9.55 Å². The van der Waals surface area contributed by atoms with Crippen LogP contribution in [0.25, 0.3) is 11.4 Å². The van der Waals surface area contributed by atoms with Crippen LogP contribution in [0.4, 0.5) is 4.39 Å². The molecule has 3 rings (SSSR count). The first kappa shape index (κ1) is 13.1. The third-order valence-electron chi connectivity index (χ3n) is 3.25. The van der Waals surface area contributed by atoms with E-state index < -0.39 is 0 Å². The highest BCUT2D eigenvalue weighted by Gasteiger charge is 2.20. The van der Waals surface area contributed by atoms with Gasteiger partial charge in [-0.1, -0.05) is 12.1 Å². The van der Waals surface area contributed by atoms with E-state index in [2.05, 4.69) is 9.55 Å². The summed E-state index contributed by atoms with van der Waals surface area (Å²) in [6.07, 6.45) is 3.55. The van der Waals surface area contributed by atoms with Crippen molar-refractivity contribution in [1.29, 1.82) is 0 Å². The fraction of sp³-hybridized carbons (Fsp3) is 0.308. The molecule has 1 unspecified atom stereocenters. The second kappa shape index (κ2) is 5.08. The van der Waals surface area contributed by atoms with Gasteiger partial charge in [-0.05, 0) is 18.6 Å². The Morgan fingerprint density at radius 2 is 2.11 bits per heavy atom. The van der Waals surface area contributed by atoms with Gasteiger partial charge in [0.2, 0.25) is 0 Å². The normalized spacial score (nSPS) is 18.0. The van der Waals surface area contributed by atoms with E-state index in [-0.39, 0.29) is 24.3 Å². The lowest BCUT2D eigenvalue weighted by Gasteiger charge is -2.21.